The van der Waals surface area contributed by atoms with E-state index in [0.29, 0.717) is 0 Å². The van der Waals surface area contributed by atoms with Crippen LogP contribution in [-0.4, -0.2) is 17.0 Å². The highest BCUT2D eigenvalue weighted by Crippen LogP contribution is 2.29. The minimum absolute atomic E-state index is 0.760. The molecule has 1 fully saturated rings. The van der Waals surface area contributed by atoms with Crippen molar-refractivity contribution in [3.63, 3.8) is 0 Å². The predicted octanol–water partition coefficient (Wildman–Crippen LogP) is 3.51. The second kappa shape index (κ2) is 5.92. The molecule has 0 amide bonds. The molecule has 3 heteroatoms. The maximum Gasteiger partial charge on any atom is 0.0302 e. The van der Waals surface area contributed by atoms with Crippen LogP contribution >= 0.6 is 23.1 Å². The number of nitrogens with one attached hydrogen (secondary N) is 1. The van der Waals surface area contributed by atoms with E-state index in [0.717, 1.165) is 17.8 Å². The van der Waals surface area contributed by atoms with E-state index in [1.165, 1.54) is 29.9 Å². The molecule has 0 saturated heterocycles. The van der Waals surface area contributed by atoms with Gasteiger partial charge in [0.15, 0.2) is 0 Å². The molecule has 15 heavy (non-hydrogen) atoms. The zero-order valence-electron chi connectivity index (χ0n) is 9.24. The molecule has 0 bridgehead atoms. The number of thiophene rings is 1. The van der Waals surface area contributed by atoms with Gasteiger partial charge in [-0.2, -0.15) is 11.8 Å². The fourth-order valence-corrected chi connectivity index (χ4v) is 3.97. The fraction of sp³-hybridized carbons (Fsp3) is 0.667. The Morgan fingerprint density at radius 3 is 3.20 bits per heavy atom. The lowest BCUT2D eigenvalue weighted by Gasteiger charge is -2.11. The smallest absolute Gasteiger partial charge is 0.0302 e. The summed E-state index contributed by atoms with van der Waals surface area (Å²) >= 11 is 3.98. The first kappa shape index (κ1) is 11.5. The van der Waals surface area contributed by atoms with Crippen molar-refractivity contribution in [2.75, 3.05) is 5.75 Å². The molecule has 0 aliphatic heterocycles. The van der Waals surface area contributed by atoms with E-state index in [1.807, 2.05) is 11.3 Å². The number of thioether (sulfide) groups is 1. The maximum absolute atomic E-state index is 3.67. The zero-order valence-corrected chi connectivity index (χ0v) is 10.9. The van der Waals surface area contributed by atoms with E-state index in [2.05, 4.69) is 41.5 Å². The van der Waals surface area contributed by atoms with E-state index in [-0.39, 0.29) is 0 Å². The average Bonchev–Trinajstić information content (AvgIpc) is 2.85. The maximum atomic E-state index is 3.67. The molecule has 0 radical (unpaired) electrons. The highest BCUT2D eigenvalue weighted by Gasteiger charge is 2.23. The molecule has 2 unspecified atom stereocenters. The molecular formula is C12H19NS2. The second-order valence-electron chi connectivity index (χ2n) is 4.05. The molecule has 1 aliphatic rings. The van der Waals surface area contributed by atoms with Crippen molar-refractivity contribution in [2.24, 2.45) is 0 Å². The Kier molecular flexibility index (Phi) is 4.54. The highest BCUT2D eigenvalue weighted by molar-refractivity contribution is 7.99. The van der Waals surface area contributed by atoms with Crippen LogP contribution < -0.4 is 5.32 Å². The molecule has 2 rings (SSSR count). The molecule has 1 heterocycles. The quantitative estimate of drug-likeness (QED) is 0.846. The van der Waals surface area contributed by atoms with Crippen LogP contribution in [0.1, 0.15) is 31.1 Å². The summed E-state index contributed by atoms with van der Waals surface area (Å²) in [5.41, 5.74) is 0. The predicted molar refractivity (Wildman–Crippen MR) is 70.7 cm³/mol. The molecule has 1 aromatic heterocycles. The third-order valence-electron chi connectivity index (χ3n) is 2.93. The van der Waals surface area contributed by atoms with Gasteiger partial charge in [-0.1, -0.05) is 13.0 Å². The molecule has 0 aromatic carbocycles. The van der Waals surface area contributed by atoms with Gasteiger partial charge in [-0.3, -0.25) is 0 Å². The zero-order chi connectivity index (χ0) is 10.5. The second-order valence-corrected chi connectivity index (χ2v) is 6.66. The van der Waals surface area contributed by atoms with Crippen LogP contribution in [-0.2, 0) is 6.54 Å². The lowest BCUT2D eigenvalue weighted by Crippen LogP contribution is -2.25. The summed E-state index contributed by atoms with van der Waals surface area (Å²) in [6, 6.07) is 5.10. The Balaban J connectivity index is 1.69. The van der Waals surface area contributed by atoms with Crippen molar-refractivity contribution < 1.29 is 0 Å². The normalized spacial score (nSPS) is 25.9. The highest BCUT2D eigenvalue weighted by atomic mass is 32.2. The summed E-state index contributed by atoms with van der Waals surface area (Å²) in [7, 11) is 0. The van der Waals surface area contributed by atoms with Gasteiger partial charge in [0, 0.05) is 22.7 Å². The van der Waals surface area contributed by atoms with Gasteiger partial charge >= 0.3 is 0 Å². The molecule has 1 nitrogen and oxygen atoms in total. The van der Waals surface area contributed by atoms with Crippen molar-refractivity contribution in [1.29, 1.82) is 0 Å². The first-order valence-corrected chi connectivity index (χ1v) is 7.68. The summed E-state index contributed by atoms with van der Waals surface area (Å²) in [4.78, 5) is 1.46. The van der Waals surface area contributed by atoms with Crippen LogP contribution in [0.2, 0.25) is 0 Å². The van der Waals surface area contributed by atoms with Crippen molar-refractivity contribution in [2.45, 2.75) is 44.0 Å². The molecular weight excluding hydrogens is 222 g/mol. The summed E-state index contributed by atoms with van der Waals surface area (Å²) in [6.07, 6.45) is 4.13. The SMILES string of the molecule is CCSC1CCC(NCc2cccs2)C1. The van der Waals surface area contributed by atoms with Crippen LogP contribution in [0.3, 0.4) is 0 Å². The standard InChI is InChI=1S/C12H19NS2/c1-2-14-11-6-5-10(8-11)13-9-12-4-3-7-15-12/h3-4,7,10-11,13H,2,5-6,8-9H2,1H3. The van der Waals surface area contributed by atoms with Gasteiger partial charge in [-0.25, -0.2) is 0 Å². The third kappa shape index (κ3) is 3.51. The molecule has 1 aliphatic carbocycles. The van der Waals surface area contributed by atoms with E-state index in [4.69, 9.17) is 0 Å². The minimum atomic E-state index is 0.760. The van der Waals surface area contributed by atoms with E-state index >= 15 is 0 Å². The first-order chi connectivity index (χ1) is 7.38. The Morgan fingerprint density at radius 2 is 2.47 bits per heavy atom. The third-order valence-corrected chi connectivity index (χ3v) is 5.04. The van der Waals surface area contributed by atoms with Gasteiger partial charge in [-0.05, 0) is 36.5 Å². The Morgan fingerprint density at radius 1 is 1.53 bits per heavy atom. The number of hydrogen-bond acceptors (Lipinski definition) is 3. The van der Waals surface area contributed by atoms with Crippen molar-refractivity contribution in [3.05, 3.63) is 22.4 Å². The number of hydrogen-bond donors (Lipinski definition) is 1. The van der Waals surface area contributed by atoms with Crippen LogP contribution in [0.15, 0.2) is 17.5 Å². The first-order valence-electron chi connectivity index (χ1n) is 5.76. The minimum Gasteiger partial charge on any atom is -0.309 e. The van der Waals surface area contributed by atoms with E-state index in [9.17, 15) is 0 Å². The van der Waals surface area contributed by atoms with Gasteiger partial charge in [0.2, 0.25) is 0 Å². The fourth-order valence-electron chi connectivity index (χ4n) is 2.17. The largest absolute Gasteiger partial charge is 0.309 e. The number of rotatable bonds is 5. The Hall–Kier alpha value is 0.01000. The van der Waals surface area contributed by atoms with E-state index < -0.39 is 0 Å². The topological polar surface area (TPSA) is 12.0 Å². The van der Waals surface area contributed by atoms with Gasteiger partial charge < -0.3 is 5.32 Å². The van der Waals surface area contributed by atoms with Crippen molar-refractivity contribution >= 4 is 23.1 Å². The van der Waals surface area contributed by atoms with Crippen LogP contribution in [0.4, 0.5) is 0 Å². The molecule has 1 aromatic rings. The molecule has 0 spiro atoms. The summed E-state index contributed by atoms with van der Waals surface area (Å²) < 4.78 is 0. The van der Waals surface area contributed by atoms with Gasteiger partial charge in [0.1, 0.15) is 0 Å². The van der Waals surface area contributed by atoms with Crippen LogP contribution in [0.5, 0.6) is 0 Å². The monoisotopic (exact) mass is 241 g/mol. The van der Waals surface area contributed by atoms with Crippen molar-refractivity contribution in [1.82, 2.24) is 5.32 Å². The van der Waals surface area contributed by atoms with Crippen LogP contribution in [0.25, 0.3) is 0 Å². The average molecular weight is 241 g/mol. The molecule has 1 saturated carbocycles. The van der Waals surface area contributed by atoms with Crippen molar-refractivity contribution in [3.8, 4) is 0 Å². The lowest BCUT2D eigenvalue weighted by atomic mass is 10.2. The summed E-state index contributed by atoms with van der Waals surface area (Å²) in [5.74, 6) is 1.27. The summed E-state index contributed by atoms with van der Waals surface area (Å²) in [6.45, 7) is 3.32. The Labute approximate surface area is 101 Å². The molecule has 84 valence electrons. The lowest BCUT2D eigenvalue weighted by molar-refractivity contribution is 0.528. The van der Waals surface area contributed by atoms with Gasteiger partial charge in [0.25, 0.3) is 0 Å². The van der Waals surface area contributed by atoms with Gasteiger partial charge in [-0.15, -0.1) is 11.3 Å². The summed E-state index contributed by atoms with van der Waals surface area (Å²) in [5, 5.41) is 6.74. The molecule has 1 N–H and O–H groups in total. The van der Waals surface area contributed by atoms with E-state index in [1.54, 1.807) is 0 Å². The Bertz CT molecular complexity index is 271. The molecule has 2 atom stereocenters. The van der Waals surface area contributed by atoms with Gasteiger partial charge in [0.05, 0.1) is 0 Å². The van der Waals surface area contributed by atoms with Crippen LogP contribution in [0, 0.1) is 0 Å².